The Kier molecular flexibility index (Phi) is 12.5. The molecule has 2 heterocycles. The second kappa shape index (κ2) is 13.2. The van der Waals surface area contributed by atoms with Crippen molar-refractivity contribution in [1.29, 1.82) is 0 Å². The summed E-state index contributed by atoms with van der Waals surface area (Å²) in [5, 5.41) is 0. The summed E-state index contributed by atoms with van der Waals surface area (Å²) in [6.07, 6.45) is 13.6. The third-order valence-electron chi connectivity index (χ3n) is 3.36. The quantitative estimate of drug-likeness (QED) is 0.267. The summed E-state index contributed by atoms with van der Waals surface area (Å²) < 4.78 is 0. The zero-order valence-electron chi connectivity index (χ0n) is 13.3. The van der Waals surface area contributed by atoms with Gasteiger partial charge in [-0.1, -0.05) is 26.7 Å². The summed E-state index contributed by atoms with van der Waals surface area (Å²) >= 11 is 5.30. The van der Waals surface area contributed by atoms with E-state index in [1.807, 2.05) is 0 Å². The molecular weight excluding hydrogens is 685 g/mol. The fourth-order valence-electron chi connectivity index (χ4n) is 2.18. The Morgan fingerprint density at radius 2 is 1.14 bits per heavy atom. The second-order valence-corrected chi connectivity index (χ2v) is 21.8. The van der Waals surface area contributed by atoms with Crippen LogP contribution in [0.25, 0.3) is 0 Å². The van der Waals surface area contributed by atoms with Gasteiger partial charge in [0.25, 0.3) is 0 Å². The zero-order chi connectivity index (χ0) is 16.2. The number of halogens is 2. The molecule has 0 atom stereocenters. The van der Waals surface area contributed by atoms with Crippen molar-refractivity contribution in [2.45, 2.75) is 39.5 Å². The fourth-order valence-corrected chi connectivity index (χ4v) is 2.18. The van der Waals surface area contributed by atoms with Gasteiger partial charge < -0.3 is 19.6 Å². The van der Waals surface area contributed by atoms with Crippen LogP contribution in [0.5, 0.6) is 0 Å². The molecule has 22 heavy (non-hydrogen) atoms. The molecule has 0 aromatic carbocycles. The van der Waals surface area contributed by atoms with Gasteiger partial charge in [0, 0.05) is 6.67 Å². The van der Waals surface area contributed by atoms with E-state index in [2.05, 4.69) is 110 Å². The zero-order valence-corrected chi connectivity index (χ0v) is 19.9. The van der Waals surface area contributed by atoms with E-state index in [4.69, 9.17) is 0 Å². The Morgan fingerprint density at radius 1 is 0.773 bits per heavy atom. The molecule has 0 aromatic rings. The van der Waals surface area contributed by atoms with Crippen molar-refractivity contribution in [3.63, 3.8) is 0 Å². The molecular formula is C15H26I2N4Pt. The van der Waals surface area contributed by atoms with Crippen molar-refractivity contribution in [2.75, 3.05) is 19.8 Å². The number of hydrogen-bond acceptors (Lipinski definition) is 4. The Labute approximate surface area is 165 Å². The summed E-state index contributed by atoms with van der Waals surface area (Å²) in [4.78, 5) is 8.97. The van der Waals surface area contributed by atoms with Gasteiger partial charge in [0.15, 0.2) is 0 Å². The van der Waals surface area contributed by atoms with Crippen LogP contribution in [-0.2, 0) is 11.2 Å². The van der Waals surface area contributed by atoms with Gasteiger partial charge >= 0.3 is 49.9 Å². The first-order valence-corrected chi connectivity index (χ1v) is 20.5. The first-order valence-electron chi connectivity index (χ1n) is 7.65. The molecule has 2 rings (SSSR count). The van der Waals surface area contributed by atoms with E-state index in [9.17, 15) is 0 Å². The van der Waals surface area contributed by atoms with Gasteiger partial charge in [-0.15, -0.1) is 0 Å². The average molecular weight is 711 g/mol. The molecule has 0 fully saturated rings. The summed E-state index contributed by atoms with van der Waals surface area (Å²) in [5.41, 5.74) is 0. The third-order valence-corrected chi connectivity index (χ3v) is 3.36. The number of unbranched alkanes of at least 4 members (excludes halogenated alkanes) is 2. The molecule has 0 unspecified atom stereocenters. The standard InChI is InChI=1S/C15H26N4.2HI.Pt/c1-3-5-7-16-9-11-18(13-16)15-19-12-10-17(14-19)8-6-4-2;;;/h9-14H,3-8,15H2,1-2H3;2*1H;/q-2;;;+4/p-2. The number of hydrogen-bond donors (Lipinski definition) is 0. The van der Waals surface area contributed by atoms with Gasteiger partial charge in [0.05, 0.1) is 0 Å². The molecule has 0 spiro atoms. The molecule has 4 nitrogen and oxygen atoms in total. The van der Waals surface area contributed by atoms with Crippen LogP contribution in [0.2, 0.25) is 0 Å². The average Bonchev–Trinajstić information content (AvgIpc) is 3.14. The van der Waals surface area contributed by atoms with Crippen LogP contribution in [0.1, 0.15) is 39.5 Å². The summed E-state index contributed by atoms with van der Waals surface area (Å²) in [6.45, 7) is 12.0. The van der Waals surface area contributed by atoms with Crippen LogP contribution < -0.4 is 0 Å². The molecule has 0 bridgehead atoms. The summed E-state index contributed by atoms with van der Waals surface area (Å²) in [5.74, 6) is 0. The van der Waals surface area contributed by atoms with E-state index in [1.54, 1.807) is 0 Å². The van der Waals surface area contributed by atoms with Crippen LogP contribution >= 0.6 is 38.7 Å². The van der Waals surface area contributed by atoms with E-state index in [1.165, 1.54) is 25.7 Å². The molecule has 130 valence electrons. The first kappa shape index (κ1) is 20.9. The molecule has 2 aliphatic heterocycles. The van der Waals surface area contributed by atoms with Gasteiger partial charge in [0.2, 0.25) is 0 Å². The Balaban J connectivity index is 0.000000745. The van der Waals surface area contributed by atoms with E-state index in [-0.39, 0.29) is 0 Å². The molecule has 0 aliphatic carbocycles. The van der Waals surface area contributed by atoms with E-state index >= 15 is 0 Å². The van der Waals surface area contributed by atoms with Gasteiger partial charge in [-0.25, -0.2) is 0 Å². The van der Waals surface area contributed by atoms with Gasteiger partial charge in [-0.3, -0.25) is 0 Å². The predicted octanol–water partition coefficient (Wildman–Crippen LogP) is 4.73. The summed E-state index contributed by atoms with van der Waals surface area (Å²) in [7, 11) is 0. The molecule has 0 amide bonds. The maximum absolute atomic E-state index is 2.39. The normalized spacial score (nSPS) is 16.7. The van der Waals surface area contributed by atoms with Crippen LogP contribution in [0, 0.1) is 13.3 Å². The van der Waals surface area contributed by atoms with Crippen LogP contribution in [-0.4, -0.2) is 39.4 Å². The van der Waals surface area contributed by atoms with E-state index in [0.717, 1.165) is 19.8 Å². The minimum absolute atomic E-state index is 0.523. The molecule has 2 aliphatic rings. The Hall–Kier alpha value is 0.828. The molecule has 0 radical (unpaired) electrons. The molecule has 7 heteroatoms. The van der Waals surface area contributed by atoms with Crippen LogP contribution in [0.3, 0.4) is 0 Å². The van der Waals surface area contributed by atoms with Gasteiger partial charge in [0.1, 0.15) is 0 Å². The first-order chi connectivity index (χ1) is 10.7. The van der Waals surface area contributed by atoms with Crippen LogP contribution in [0.15, 0.2) is 24.8 Å². The van der Waals surface area contributed by atoms with Crippen molar-refractivity contribution in [2.24, 2.45) is 0 Å². The van der Waals surface area contributed by atoms with E-state index < -0.39 is 0 Å². The topological polar surface area (TPSA) is 13.0 Å². The van der Waals surface area contributed by atoms with Crippen molar-refractivity contribution in [1.82, 2.24) is 19.6 Å². The number of nitrogens with zero attached hydrogens (tertiary/aromatic N) is 4. The molecule has 0 saturated carbocycles. The number of rotatable bonds is 8. The molecule has 0 saturated heterocycles. The minimum atomic E-state index is 0.523. The Morgan fingerprint density at radius 3 is 1.50 bits per heavy atom. The second-order valence-electron chi connectivity index (χ2n) is 5.23. The summed E-state index contributed by atoms with van der Waals surface area (Å²) in [6, 6.07) is 0. The predicted molar refractivity (Wildman–Crippen MR) is 107 cm³/mol. The fraction of sp³-hybridized carbons (Fsp3) is 0.600. The van der Waals surface area contributed by atoms with E-state index in [0.29, 0.717) is 11.2 Å². The van der Waals surface area contributed by atoms with Crippen molar-refractivity contribution < 1.29 is 11.2 Å². The van der Waals surface area contributed by atoms with Crippen LogP contribution in [0.4, 0.5) is 0 Å². The van der Waals surface area contributed by atoms with Crippen molar-refractivity contribution in [3.05, 3.63) is 38.1 Å². The molecule has 0 aromatic heterocycles. The van der Waals surface area contributed by atoms with Crippen molar-refractivity contribution in [3.8, 4) is 0 Å². The Bertz CT molecular complexity index is 312. The third kappa shape index (κ3) is 8.62. The molecule has 0 N–H and O–H groups in total. The maximum atomic E-state index is 2.39. The SMILES string of the molecule is CCCCN1C=CN(CN2C=CN(CCCC)[CH-]2)[CH-]1.[I][Pt+2][I]. The van der Waals surface area contributed by atoms with Crippen molar-refractivity contribution >= 4 is 38.7 Å². The van der Waals surface area contributed by atoms with Gasteiger partial charge in [-0.2, -0.15) is 13.3 Å². The monoisotopic (exact) mass is 711 g/mol. The van der Waals surface area contributed by atoms with Gasteiger partial charge in [-0.05, 0) is 50.7 Å².